The highest BCUT2D eigenvalue weighted by Gasteiger charge is 2.29. The summed E-state index contributed by atoms with van der Waals surface area (Å²) in [6, 6.07) is 5.91. The third-order valence-electron chi connectivity index (χ3n) is 4.15. The number of hydrogen-bond donors (Lipinski definition) is 3. The van der Waals surface area contributed by atoms with Crippen molar-refractivity contribution >= 4 is 21.8 Å². The van der Waals surface area contributed by atoms with Gasteiger partial charge in [0, 0.05) is 31.2 Å². The molecule has 1 atom stereocenters. The average molecular weight is 352 g/mol. The molecule has 9 heteroatoms. The van der Waals surface area contributed by atoms with Gasteiger partial charge in [0.15, 0.2) is 0 Å². The molecule has 1 aromatic rings. The number of benzene rings is 1. The molecular formula is C15H20N4O4S. The maximum atomic E-state index is 12.5. The largest absolute Gasteiger partial charge is 0.354 e. The van der Waals surface area contributed by atoms with Crippen molar-refractivity contribution in [3.63, 3.8) is 0 Å². The molecule has 24 heavy (non-hydrogen) atoms. The summed E-state index contributed by atoms with van der Waals surface area (Å²) >= 11 is 0. The number of amides is 2. The Labute approximate surface area is 140 Å². The molecule has 0 spiro atoms. The molecule has 2 amide bonds. The molecule has 2 heterocycles. The monoisotopic (exact) mass is 352 g/mol. The van der Waals surface area contributed by atoms with Gasteiger partial charge in [-0.05, 0) is 37.2 Å². The first-order valence-electron chi connectivity index (χ1n) is 7.85. The third kappa shape index (κ3) is 3.58. The van der Waals surface area contributed by atoms with Crippen molar-refractivity contribution in [3.05, 3.63) is 29.8 Å². The SMILES string of the molecule is O=C1CN(S(=O)(=O)c2ccc(C(=O)NC3CCNC3)cc2)CCN1. The van der Waals surface area contributed by atoms with E-state index in [0.29, 0.717) is 12.1 Å². The van der Waals surface area contributed by atoms with Crippen LogP contribution in [-0.4, -0.2) is 63.3 Å². The minimum atomic E-state index is -3.73. The first kappa shape index (κ1) is 16.9. The smallest absolute Gasteiger partial charge is 0.251 e. The number of piperazine rings is 1. The van der Waals surface area contributed by atoms with Gasteiger partial charge in [-0.25, -0.2) is 8.42 Å². The second-order valence-corrected chi connectivity index (χ2v) is 7.81. The zero-order valence-electron chi connectivity index (χ0n) is 13.1. The number of carbonyl (C=O) groups is 2. The Balaban J connectivity index is 1.71. The van der Waals surface area contributed by atoms with Crippen molar-refractivity contribution in [3.8, 4) is 0 Å². The minimum Gasteiger partial charge on any atom is -0.354 e. The Morgan fingerprint density at radius 2 is 1.96 bits per heavy atom. The number of rotatable bonds is 4. The lowest BCUT2D eigenvalue weighted by molar-refractivity contribution is -0.122. The number of sulfonamides is 1. The standard InChI is InChI=1S/C15H20N4O4S/c20-14-10-19(8-7-17-14)24(22,23)13-3-1-11(2-4-13)15(21)18-12-5-6-16-9-12/h1-4,12,16H,5-10H2,(H,17,20)(H,18,21). The van der Waals surface area contributed by atoms with Crippen LogP contribution in [0.2, 0.25) is 0 Å². The van der Waals surface area contributed by atoms with Crippen LogP contribution < -0.4 is 16.0 Å². The van der Waals surface area contributed by atoms with Gasteiger partial charge < -0.3 is 16.0 Å². The lowest BCUT2D eigenvalue weighted by Gasteiger charge is -2.25. The Morgan fingerprint density at radius 1 is 1.21 bits per heavy atom. The Hall–Kier alpha value is -1.97. The molecule has 1 unspecified atom stereocenters. The van der Waals surface area contributed by atoms with Gasteiger partial charge >= 0.3 is 0 Å². The average Bonchev–Trinajstić information content (AvgIpc) is 3.08. The van der Waals surface area contributed by atoms with Crippen LogP contribution in [-0.2, 0) is 14.8 Å². The van der Waals surface area contributed by atoms with Crippen LogP contribution in [0.1, 0.15) is 16.8 Å². The summed E-state index contributed by atoms with van der Waals surface area (Å²) in [7, 11) is -3.73. The fourth-order valence-corrected chi connectivity index (χ4v) is 4.19. The summed E-state index contributed by atoms with van der Waals surface area (Å²) in [5.41, 5.74) is 0.414. The lowest BCUT2D eigenvalue weighted by atomic mass is 10.2. The Bertz CT molecular complexity index is 726. The summed E-state index contributed by atoms with van der Waals surface area (Å²) in [6.45, 7) is 1.99. The summed E-state index contributed by atoms with van der Waals surface area (Å²) in [5.74, 6) is -0.531. The lowest BCUT2D eigenvalue weighted by Crippen LogP contribution is -2.49. The van der Waals surface area contributed by atoms with Gasteiger partial charge in [0.25, 0.3) is 5.91 Å². The summed E-state index contributed by atoms with van der Waals surface area (Å²) < 4.78 is 26.2. The molecule has 130 valence electrons. The Kier molecular flexibility index (Phi) is 4.83. The zero-order valence-corrected chi connectivity index (χ0v) is 13.9. The molecule has 2 aliphatic heterocycles. The van der Waals surface area contributed by atoms with E-state index in [-0.39, 0.29) is 35.8 Å². The van der Waals surface area contributed by atoms with Crippen LogP contribution in [0.4, 0.5) is 0 Å². The molecule has 2 aliphatic rings. The van der Waals surface area contributed by atoms with Crippen molar-refractivity contribution in [1.82, 2.24) is 20.3 Å². The van der Waals surface area contributed by atoms with Crippen molar-refractivity contribution in [1.29, 1.82) is 0 Å². The van der Waals surface area contributed by atoms with Crippen LogP contribution >= 0.6 is 0 Å². The van der Waals surface area contributed by atoms with Crippen LogP contribution in [0.5, 0.6) is 0 Å². The molecule has 3 rings (SSSR count). The maximum Gasteiger partial charge on any atom is 0.251 e. The molecular weight excluding hydrogens is 332 g/mol. The quantitative estimate of drug-likeness (QED) is 0.638. The Morgan fingerprint density at radius 3 is 2.58 bits per heavy atom. The van der Waals surface area contributed by atoms with E-state index in [4.69, 9.17) is 0 Å². The molecule has 2 saturated heterocycles. The van der Waals surface area contributed by atoms with Gasteiger partial charge in [-0.2, -0.15) is 4.31 Å². The number of hydrogen-bond acceptors (Lipinski definition) is 5. The van der Waals surface area contributed by atoms with Gasteiger partial charge in [0.1, 0.15) is 0 Å². The van der Waals surface area contributed by atoms with E-state index in [1.165, 1.54) is 24.3 Å². The van der Waals surface area contributed by atoms with E-state index in [1.54, 1.807) is 0 Å². The molecule has 0 saturated carbocycles. The van der Waals surface area contributed by atoms with Crippen molar-refractivity contribution < 1.29 is 18.0 Å². The van der Waals surface area contributed by atoms with Gasteiger partial charge in [-0.1, -0.05) is 0 Å². The van der Waals surface area contributed by atoms with Gasteiger partial charge in [-0.3, -0.25) is 9.59 Å². The highest BCUT2D eigenvalue weighted by molar-refractivity contribution is 7.89. The normalized spacial score (nSPS) is 22.2. The number of nitrogens with zero attached hydrogens (tertiary/aromatic N) is 1. The van der Waals surface area contributed by atoms with Crippen LogP contribution in [0.3, 0.4) is 0 Å². The molecule has 1 aromatic carbocycles. The number of nitrogens with one attached hydrogen (secondary N) is 3. The fourth-order valence-electron chi connectivity index (χ4n) is 2.79. The van der Waals surface area contributed by atoms with E-state index < -0.39 is 10.0 Å². The molecule has 8 nitrogen and oxygen atoms in total. The maximum absolute atomic E-state index is 12.5. The van der Waals surface area contributed by atoms with Crippen LogP contribution in [0.25, 0.3) is 0 Å². The highest BCUT2D eigenvalue weighted by atomic mass is 32.2. The van der Waals surface area contributed by atoms with E-state index >= 15 is 0 Å². The molecule has 0 aromatic heterocycles. The van der Waals surface area contributed by atoms with Crippen molar-refractivity contribution in [2.24, 2.45) is 0 Å². The van der Waals surface area contributed by atoms with Crippen LogP contribution in [0.15, 0.2) is 29.2 Å². The predicted octanol–water partition coefficient (Wildman–Crippen LogP) is -1.10. The second kappa shape index (κ2) is 6.88. The van der Waals surface area contributed by atoms with E-state index in [2.05, 4.69) is 16.0 Å². The van der Waals surface area contributed by atoms with Gasteiger partial charge in [-0.15, -0.1) is 0 Å². The fraction of sp³-hybridized carbons (Fsp3) is 0.467. The zero-order chi connectivity index (χ0) is 17.2. The molecule has 0 aliphatic carbocycles. The molecule has 2 fully saturated rings. The summed E-state index contributed by atoms with van der Waals surface area (Å²) in [5, 5.41) is 8.66. The van der Waals surface area contributed by atoms with Crippen molar-refractivity contribution in [2.45, 2.75) is 17.4 Å². The van der Waals surface area contributed by atoms with E-state index in [1.807, 2.05) is 0 Å². The van der Waals surface area contributed by atoms with E-state index in [9.17, 15) is 18.0 Å². The van der Waals surface area contributed by atoms with Crippen molar-refractivity contribution in [2.75, 3.05) is 32.7 Å². The third-order valence-corrected chi connectivity index (χ3v) is 6.01. The first-order valence-corrected chi connectivity index (χ1v) is 9.29. The van der Waals surface area contributed by atoms with Crippen LogP contribution in [0, 0.1) is 0 Å². The molecule has 0 bridgehead atoms. The molecule has 0 radical (unpaired) electrons. The van der Waals surface area contributed by atoms with E-state index in [0.717, 1.165) is 23.8 Å². The minimum absolute atomic E-state index is 0.0799. The predicted molar refractivity (Wildman–Crippen MR) is 87.0 cm³/mol. The highest BCUT2D eigenvalue weighted by Crippen LogP contribution is 2.17. The van der Waals surface area contributed by atoms with Gasteiger partial charge in [0.2, 0.25) is 15.9 Å². The summed E-state index contributed by atoms with van der Waals surface area (Å²) in [4.78, 5) is 23.6. The first-order chi connectivity index (χ1) is 11.5. The molecule has 3 N–H and O–H groups in total. The summed E-state index contributed by atoms with van der Waals surface area (Å²) in [6.07, 6.45) is 0.884. The number of carbonyl (C=O) groups excluding carboxylic acids is 2. The topological polar surface area (TPSA) is 108 Å². The second-order valence-electron chi connectivity index (χ2n) is 5.88. The van der Waals surface area contributed by atoms with Gasteiger partial charge in [0.05, 0.1) is 11.4 Å².